The van der Waals surface area contributed by atoms with Gasteiger partial charge in [0.25, 0.3) is 0 Å². The molecule has 0 atom stereocenters. The SMILES string of the molecule is CC(C)(Cc1cc2sc(C(=O)O)[c]([SnH3])c2c(CC(C)(C)c2ccccc2)c1CC(C)(C)c1ccccc1)c1ccccc1. The number of thiophene rings is 1. The molecule has 1 heterocycles. The van der Waals surface area contributed by atoms with E-state index in [2.05, 4.69) is 139 Å². The van der Waals surface area contributed by atoms with Crippen LogP contribution in [0.3, 0.4) is 0 Å². The number of hydrogen-bond acceptors (Lipinski definition) is 2. The first-order chi connectivity index (χ1) is 20.3. The fraction of sp³-hybridized carbons (Fsp3) is 0.308. The third-order valence-electron chi connectivity index (χ3n) is 9.26. The van der Waals surface area contributed by atoms with Crippen molar-refractivity contribution in [1.82, 2.24) is 0 Å². The van der Waals surface area contributed by atoms with Gasteiger partial charge < -0.3 is 0 Å². The van der Waals surface area contributed by atoms with Gasteiger partial charge >= 0.3 is 276 Å². The van der Waals surface area contributed by atoms with Crippen molar-refractivity contribution in [2.24, 2.45) is 0 Å². The fourth-order valence-corrected chi connectivity index (χ4v) is 11.5. The Labute approximate surface area is 274 Å². The molecule has 0 spiro atoms. The Morgan fingerprint density at radius 2 is 1.05 bits per heavy atom. The van der Waals surface area contributed by atoms with Gasteiger partial charge in [-0.2, -0.15) is 0 Å². The van der Waals surface area contributed by atoms with Crippen molar-refractivity contribution < 1.29 is 9.90 Å². The van der Waals surface area contributed by atoms with E-state index in [1.807, 2.05) is 0 Å². The Balaban J connectivity index is 1.79. The molecule has 43 heavy (non-hydrogen) atoms. The Hall–Kier alpha value is -2.89. The predicted molar refractivity (Wildman–Crippen MR) is 188 cm³/mol. The molecule has 4 aromatic carbocycles. The number of carboxylic acids is 1. The van der Waals surface area contributed by atoms with Crippen LogP contribution in [0.2, 0.25) is 0 Å². The van der Waals surface area contributed by atoms with Crippen LogP contribution in [-0.2, 0) is 35.5 Å². The molecule has 2 nitrogen and oxygen atoms in total. The van der Waals surface area contributed by atoms with Gasteiger partial charge in [-0.05, 0) is 0 Å². The first-order valence-electron chi connectivity index (χ1n) is 15.3. The van der Waals surface area contributed by atoms with Gasteiger partial charge in [0.2, 0.25) is 0 Å². The normalized spacial score (nSPS) is 12.6. The van der Waals surface area contributed by atoms with Gasteiger partial charge in [-0.1, -0.05) is 0 Å². The van der Waals surface area contributed by atoms with Crippen LogP contribution in [0.15, 0.2) is 97.1 Å². The molecule has 0 radical (unpaired) electrons. The molecule has 0 aliphatic carbocycles. The van der Waals surface area contributed by atoms with E-state index in [9.17, 15) is 9.90 Å². The Bertz CT molecular complexity index is 1730. The standard InChI is InChI=1S/C39H41O2S.Sn.3H/c1-37(2,28-16-10-7-11-17-28)24-27-22-34-31(23-35(42-34)36(40)41)33(26-39(5,6)30-20-14-9-15-21-30)32(27)25-38(3,4)29-18-12-8-13-19-29;;;;/h7-22H,24-26H2,1-6H3,(H,40,41);;;;. The number of aromatic carboxylic acids is 1. The molecule has 0 saturated heterocycles. The van der Waals surface area contributed by atoms with Crippen molar-refractivity contribution in [3.8, 4) is 0 Å². The van der Waals surface area contributed by atoms with E-state index in [4.69, 9.17) is 0 Å². The van der Waals surface area contributed by atoms with Crippen molar-refractivity contribution in [3.63, 3.8) is 0 Å². The van der Waals surface area contributed by atoms with Crippen molar-refractivity contribution in [3.05, 3.63) is 135 Å². The van der Waals surface area contributed by atoms with Crippen LogP contribution in [-0.4, -0.2) is 33.6 Å². The summed E-state index contributed by atoms with van der Waals surface area (Å²) in [6.07, 6.45) is 2.63. The van der Waals surface area contributed by atoms with E-state index in [1.165, 1.54) is 50.1 Å². The summed E-state index contributed by atoms with van der Waals surface area (Å²) in [4.78, 5) is 13.0. The molecule has 0 bridgehead atoms. The zero-order valence-electron chi connectivity index (χ0n) is 26.6. The van der Waals surface area contributed by atoms with Gasteiger partial charge in [0.15, 0.2) is 0 Å². The number of carboxylic acid groups (broad SMARTS) is 1. The van der Waals surface area contributed by atoms with Crippen LogP contribution in [0.4, 0.5) is 0 Å². The molecule has 0 saturated carbocycles. The van der Waals surface area contributed by atoms with Crippen LogP contribution >= 0.6 is 11.3 Å². The van der Waals surface area contributed by atoms with Gasteiger partial charge in [0.1, 0.15) is 0 Å². The molecule has 5 rings (SSSR count). The van der Waals surface area contributed by atoms with Crippen molar-refractivity contribution >= 4 is 53.5 Å². The number of fused-ring (bicyclic) bond motifs is 1. The molecule has 1 N–H and O–H groups in total. The topological polar surface area (TPSA) is 37.3 Å². The summed E-state index contributed by atoms with van der Waals surface area (Å²) in [6, 6.07) is 34.8. The van der Waals surface area contributed by atoms with Crippen LogP contribution in [0.5, 0.6) is 0 Å². The van der Waals surface area contributed by atoms with E-state index in [0.29, 0.717) is 4.88 Å². The van der Waals surface area contributed by atoms with Gasteiger partial charge in [-0.3, -0.25) is 0 Å². The molecule has 4 heteroatoms. The second kappa shape index (κ2) is 12.2. The number of carbonyl (C=O) groups is 1. The maximum absolute atomic E-state index is 12.5. The first kappa shape index (κ1) is 31.5. The van der Waals surface area contributed by atoms with E-state index >= 15 is 0 Å². The number of rotatable bonds is 10. The summed E-state index contributed by atoms with van der Waals surface area (Å²) < 4.78 is 2.23. The zero-order chi connectivity index (χ0) is 31.0. The van der Waals surface area contributed by atoms with Crippen LogP contribution in [0.25, 0.3) is 10.1 Å². The van der Waals surface area contributed by atoms with E-state index < -0.39 is 5.97 Å². The van der Waals surface area contributed by atoms with E-state index in [-0.39, 0.29) is 38.8 Å². The summed E-state index contributed by atoms with van der Waals surface area (Å²) >= 11 is 1.49. The van der Waals surface area contributed by atoms with Gasteiger partial charge in [0.05, 0.1) is 0 Å². The summed E-state index contributed by atoms with van der Waals surface area (Å²) in [5.74, 6) is -0.791. The van der Waals surface area contributed by atoms with Crippen molar-refractivity contribution in [2.75, 3.05) is 0 Å². The van der Waals surface area contributed by atoms with Crippen LogP contribution in [0, 0.1) is 0 Å². The average Bonchev–Trinajstić information content (AvgIpc) is 3.32. The van der Waals surface area contributed by atoms with Gasteiger partial charge in [0, 0.05) is 0 Å². The quantitative estimate of drug-likeness (QED) is 0.150. The summed E-state index contributed by atoms with van der Waals surface area (Å²) in [7, 11) is 0. The molecule has 0 aliphatic heterocycles. The maximum atomic E-state index is 12.5. The Kier molecular flexibility index (Phi) is 8.98. The molecular formula is C39H44O2SSn. The van der Waals surface area contributed by atoms with Crippen LogP contribution < -0.4 is 3.58 Å². The monoisotopic (exact) mass is 696 g/mol. The van der Waals surface area contributed by atoms with Gasteiger partial charge in [-0.25, -0.2) is 0 Å². The fourth-order valence-electron chi connectivity index (χ4n) is 6.71. The number of benzene rings is 4. The molecule has 0 amide bonds. The molecule has 1 aromatic heterocycles. The molecule has 0 unspecified atom stereocenters. The molecule has 0 fully saturated rings. The van der Waals surface area contributed by atoms with Crippen molar-refractivity contribution in [1.29, 1.82) is 0 Å². The van der Waals surface area contributed by atoms with Gasteiger partial charge in [-0.15, -0.1) is 0 Å². The predicted octanol–water partition coefficient (Wildman–Crippen LogP) is 8.15. The first-order valence-corrected chi connectivity index (χ1v) is 18.9. The van der Waals surface area contributed by atoms with Crippen molar-refractivity contribution in [2.45, 2.75) is 77.0 Å². The Morgan fingerprint density at radius 1 is 0.651 bits per heavy atom. The minimum absolute atomic E-state index is 0.0106. The molecular weight excluding hydrogens is 651 g/mol. The van der Waals surface area contributed by atoms with Crippen LogP contribution in [0.1, 0.15) is 84.6 Å². The summed E-state index contributed by atoms with van der Waals surface area (Å²) in [5, 5.41) is 11.4. The average molecular weight is 696 g/mol. The third-order valence-corrected chi connectivity index (χ3v) is 14.4. The second-order valence-electron chi connectivity index (χ2n) is 14.0. The third kappa shape index (κ3) is 6.63. The Morgan fingerprint density at radius 3 is 1.47 bits per heavy atom. The summed E-state index contributed by atoms with van der Waals surface area (Å²) in [5.41, 5.74) is 7.73. The second-order valence-corrected chi connectivity index (χ2v) is 17.9. The van der Waals surface area contributed by atoms with E-state index in [1.54, 1.807) is 0 Å². The minimum atomic E-state index is -0.791. The molecule has 5 aromatic rings. The number of hydrogen-bond donors (Lipinski definition) is 1. The molecule has 0 aliphatic rings. The molecule has 222 valence electrons. The van der Waals surface area contributed by atoms with E-state index in [0.717, 1.165) is 27.5 Å². The summed E-state index contributed by atoms with van der Waals surface area (Å²) in [6.45, 7) is 14.1. The zero-order valence-corrected chi connectivity index (χ0v) is 33.1.